The van der Waals surface area contributed by atoms with Crippen molar-refractivity contribution in [3.63, 3.8) is 0 Å². The van der Waals surface area contributed by atoms with Gasteiger partial charge in [-0.05, 0) is 0 Å². The molecule has 0 radical (unpaired) electrons. The topological polar surface area (TPSA) is 115 Å². The molecule has 48 valence electrons. The van der Waals surface area contributed by atoms with E-state index in [-0.39, 0.29) is 19.5 Å². The lowest BCUT2D eigenvalue weighted by molar-refractivity contribution is -0.652. The van der Waals surface area contributed by atoms with Crippen molar-refractivity contribution in [1.29, 1.82) is 0 Å². The van der Waals surface area contributed by atoms with Gasteiger partial charge in [0.15, 0.2) is 0 Å². The van der Waals surface area contributed by atoms with Crippen LogP contribution in [0.15, 0.2) is 0 Å². The molecule has 0 aromatic heterocycles. The summed E-state index contributed by atoms with van der Waals surface area (Å²) in [6.45, 7) is -0.181. The molecule has 0 atom stereocenters. The van der Waals surface area contributed by atoms with Gasteiger partial charge in [0.2, 0.25) is 0 Å². The first-order chi connectivity index (χ1) is 3.33. The fraction of sp³-hybridized carbons (Fsp3) is 0. The summed E-state index contributed by atoms with van der Waals surface area (Å²) < 4.78 is 0. The van der Waals surface area contributed by atoms with Crippen LogP contribution < -0.4 is 5.26 Å². The van der Waals surface area contributed by atoms with E-state index in [2.05, 4.69) is 4.89 Å². The Kier molecular flexibility index (Phi) is 83.1. The summed E-state index contributed by atoms with van der Waals surface area (Å²) in [5.74, 6) is 0. The monoisotopic (exact) mass is 124 g/mol. The van der Waals surface area contributed by atoms with Crippen molar-refractivity contribution < 1.29 is 31.4 Å². The molecule has 0 aliphatic rings. The molecule has 0 amide bonds. The highest BCUT2D eigenvalue weighted by molar-refractivity contribution is 5.35. The molecule has 0 fully saturated rings. The quantitative estimate of drug-likeness (QED) is 0.212. The van der Waals surface area contributed by atoms with E-state index in [0.717, 1.165) is 0 Å². The Hall–Kier alpha value is -1.23. The largest absolute Gasteiger partial charge is 1.00 e. The first-order valence-electron chi connectivity index (χ1n) is 1.05. The summed E-state index contributed by atoms with van der Waals surface area (Å²) in [6.07, 6.45) is 0.250. The maximum atomic E-state index is 8.64. The van der Waals surface area contributed by atoms with Crippen molar-refractivity contribution in [2.75, 3.05) is 0 Å². The van der Waals surface area contributed by atoms with Crippen molar-refractivity contribution in [1.82, 2.24) is 0 Å². The first-order valence-corrected chi connectivity index (χ1v) is 1.05. The van der Waals surface area contributed by atoms with E-state index in [1.165, 1.54) is 0 Å². The van der Waals surface area contributed by atoms with Crippen molar-refractivity contribution in [2.45, 2.75) is 0 Å². The maximum Gasteiger partial charge on any atom is 1.00 e. The normalized spacial score (nSPS) is 3.62. The van der Waals surface area contributed by atoms with Crippen LogP contribution in [-0.2, 0) is 19.3 Å². The number of carbonyl (C=O) groups is 1. The highest BCUT2D eigenvalue weighted by Gasteiger charge is 1.34. The van der Waals surface area contributed by atoms with Crippen LogP contribution in [0.3, 0.4) is 0 Å². The Morgan fingerprint density at radius 2 is 1.75 bits per heavy atom. The van der Waals surface area contributed by atoms with Crippen LogP contribution in [0.1, 0.15) is 1.43 Å². The Balaban J connectivity index is -0.0000000233. The molecule has 0 aliphatic heterocycles. The molecule has 0 saturated carbocycles. The van der Waals surface area contributed by atoms with Crippen LogP contribution in [-0.4, -0.2) is 18.1 Å². The highest BCUT2D eigenvalue weighted by atomic mass is 17.1. The second-order valence-corrected chi connectivity index (χ2v) is 0.276. The van der Waals surface area contributed by atoms with Crippen molar-refractivity contribution in [2.24, 2.45) is 0 Å². The number of rotatable bonds is 1. The maximum absolute atomic E-state index is 8.64. The van der Waals surface area contributed by atoms with Gasteiger partial charge in [-0.15, -0.1) is 0 Å². The average molecular weight is 124 g/mol. The second-order valence-electron chi connectivity index (χ2n) is 0.276. The molecule has 0 rings (SSSR count). The van der Waals surface area contributed by atoms with Gasteiger partial charge in [-0.1, -0.05) is 0 Å². The van der Waals surface area contributed by atoms with Crippen molar-refractivity contribution in [3.8, 4) is 0 Å². The van der Waals surface area contributed by atoms with E-state index in [1.54, 1.807) is 0 Å². The SMILES string of the molecule is O.O=C=O.O=CO[O-].[H+]. The van der Waals surface area contributed by atoms with Gasteiger partial charge in [-0.3, -0.25) is 4.79 Å². The molecule has 0 unspecified atom stereocenters. The zero-order valence-corrected chi connectivity index (χ0v) is 3.62. The molecule has 6 nitrogen and oxygen atoms in total. The fourth-order valence-corrected chi connectivity index (χ4v) is 0. The van der Waals surface area contributed by atoms with E-state index >= 15 is 0 Å². The summed E-state index contributed by atoms with van der Waals surface area (Å²) in [4.78, 5) is 27.5. The fourth-order valence-electron chi connectivity index (χ4n) is 0. The first kappa shape index (κ1) is 15.9. The van der Waals surface area contributed by atoms with Crippen LogP contribution in [0.25, 0.3) is 0 Å². The van der Waals surface area contributed by atoms with E-state index in [9.17, 15) is 0 Å². The van der Waals surface area contributed by atoms with Gasteiger partial charge in [0.1, 0.15) is 0 Å². The van der Waals surface area contributed by atoms with Gasteiger partial charge in [0.25, 0.3) is 6.47 Å². The number of hydrogen-bond acceptors (Lipinski definition) is 5. The predicted molar refractivity (Wildman–Crippen MR) is 16.9 cm³/mol. The Morgan fingerprint density at radius 1 is 1.62 bits per heavy atom. The minimum atomic E-state index is -0.181. The molecule has 0 bridgehead atoms. The molecule has 0 saturated heterocycles. The van der Waals surface area contributed by atoms with Crippen molar-refractivity contribution in [3.05, 3.63) is 0 Å². The van der Waals surface area contributed by atoms with Gasteiger partial charge in [0, 0.05) is 0 Å². The van der Waals surface area contributed by atoms with E-state index in [4.69, 9.17) is 19.6 Å². The van der Waals surface area contributed by atoms with Crippen LogP contribution in [0.5, 0.6) is 0 Å². The molecule has 0 aliphatic carbocycles. The molecule has 0 spiro atoms. The molecule has 8 heavy (non-hydrogen) atoms. The summed E-state index contributed by atoms with van der Waals surface area (Å²) in [7, 11) is 0. The zero-order valence-electron chi connectivity index (χ0n) is 4.62. The molecule has 0 heterocycles. The number of hydrogen-bond donors (Lipinski definition) is 0. The molecular formula is C2H4O6. The molecule has 0 aromatic rings. The lowest BCUT2D eigenvalue weighted by Gasteiger charge is -1.88. The molecule has 2 N–H and O–H groups in total. The lowest BCUT2D eigenvalue weighted by Crippen LogP contribution is -2.00. The average Bonchev–Trinajstić information content (AvgIpc) is 1.69. The van der Waals surface area contributed by atoms with Crippen molar-refractivity contribution >= 4 is 12.6 Å². The third-order valence-electron chi connectivity index (χ3n) is 0.0393. The molecular weight excluding hydrogens is 120 g/mol. The van der Waals surface area contributed by atoms with Crippen LogP contribution in [0, 0.1) is 0 Å². The smallest absolute Gasteiger partial charge is 0.662 e. The summed E-state index contributed by atoms with van der Waals surface area (Å²) in [6, 6.07) is 0. The van der Waals surface area contributed by atoms with Gasteiger partial charge in [0.05, 0.1) is 0 Å². The van der Waals surface area contributed by atoms with E-state index in [1.807, 2.05) is 0 Å². The second kappa shape index (κ2) is 41.9. The lowest BCUT2D eigenvalue weighted by atomic mass is 11.7. The van der Waals surface area contributed by atoms with Crippen LogP contribution in [0.2, 0.25) is 0 Å². The van der Waals surface area contributed by atoms with Gasteiger partial charge >= 0.3 is 7.58 Å². The third-order valence-corrected chi connectivity index (χ3v) is 0.0393. The van der Waals surface area contributed by atoms with Gasteiger partial charge < -0.3 is 15.6 Å². The Labute approximate surface area is 45.4 Å². The predicted octanol–water partition coefficient (Wildman–Crippen LogP) is -2.86. The van der Waals surface area contributed by atoms with Gasteiger partial charge in [-0.25, -0.2) is 0 Å². The summed E-state index contributed by atoms with van der Waals surface area (Å²) in [5.41, 5.74) is 0. The van der Waals surface area contributed by atoms with Crippen LogP contribution in [0.4, 0.5) is 0 Å². The minimum absolute atomic E-state index is 0. The standard InChI is InChI=1S/CH2O3.CO2.H2O/c2-1-4-3;2-1-3;/h1,3H;;1H2. The Bertz CT molecular complexity index is 65.5. The molecule has 0 aromatic carbocycles. The van der Waals surface area contributed by atoms with Crippen LogP contribution >= 0.6 is 0 Å². The molecule has 6 heteroatoms. The van der Waals surface area contributed by atoms with Gasteiger partial charge in [-0.2, -0.15) is 9.59 Å². The summed E-state index contributed by atoms with van der Waals surface area (Å²) in [5, 5.41) is 8.43. The van der Waals surface area contributed by atoms with E-state index in [0.29, 0.717) is 0 Å². The highest BCUT2D eigenvalue weighted by Crippen LogP contribution is 1.22. The minimum Gasteiger partial charge on any atom is -0.662 e. The Morgan fingerprint density at radius 3 is 1.75 bits per heavy atom. The van der Waals surface area contributed by atoms with E-state index < -0.39 is 0 Å². The number of carbonyl (C=O) groups excluding carboxylic acids is 3. The third kappa shape index (κ3) is 1280. The zero-order chi connectivity index (χ0) is 6.12. The summed E-state index contributed by atoms with van der Waals surface area (Å²) >= 11 is 0.